The summed E-state index contributed by atoms with van der Waals surface area (Å²) in [5, 5.41) is 0.654. The van der Waals surface area contributed by atoms with Gasteiger partial charge in [0.2, 0.25) is 0 Å². The van der Waals surface area contributed by atoms with Gasteiger partial charge in [0.15, 0.2) is 0 Å². The van der Waals surface area contributed by atoms with Crippen LogP contribution in [-0.4, -0.2) is 16.7 Å². The standard InChI is InChI=1S/C15H12Cl2N2O/c1-20-10-6-7-12-14(8-10)19(15(9-16)18-12)13-5-3-2-4-11(13)17/h2-8H,9H2,1H3. The Kier molecular flexibility index (Phi) is 3.55. The number of ether oxygens (including phenoxy) is 1. The molecule has 0 saturated heterocycles. The number of imidazole rings is 1. The van der Waals surface area contributed by atoms with E-state index in [4.69, 9.17) is 27.9 Å². The number of rotatable bonds is 3. The molecule has 0 spiro atoms. The van der Waals surface area contributed by atoms with E-state index in [0.29, 0.717) is 10.9 Å². The maximum atomic E-state index is 6.30. The Balaban J connectivity index is 2.35. The molecule has 3 aromatic rings. The van der Waals surface area contributed by atoms with E-state index >= 15 is 0 Å². The van der Waals surface area contributed by atoms with E-state index < -0.39 is 0 Å². The summed E-state index contributed by atoms with van der Waals surface area (Å²) in [4.78, 5) is 4.54. The van der Waals surface area contributed by atoms with Crippen molar-refractivity contribution in [3.63, 3.8) is 0 Å². The summed E-state index contributed by atoms with van der Waals surface area (Å²) >= 11 is 12.3. The number of aromatic nitrogens is 2. The Morgan fingerprint density at radius 1 is 1.20 bits per heavy atom. The van der Waals surface area contributed by atoms with Crippen molar-refractivity contribution in [3.8, 4) is 11.4 Å². The Morgan fingerprint density at radius 2 is 2.00 bits per heavy atom. The molecule has 1 aromatic heterocycles. The molecule has 102 valence electrons. The van der Waals surface area contributed by atoms with E-state index in [9.17, 15) is 0 Å². The van der Waals surface area contributed by atoms with Crippen LogP contribution in [0.1, 0.15) is 5.82 Å². The zero-order chi connectivity index (χ0) is 14.1. The van der Waals surface area contributed by atoms with Gasteiger partial charge in [-0.15, -0.1) is 11.6 Å². The fourth-order valence-corrected chi connectivity index (χ4v) is 2.62. The van der Waals surface area contributed by atoms with Crippen LogP contribution in [0, 0.1) is 0 Å². The first-order valence-electron chi connectivity index (χ1n) is 6.11. The third-order valence-corrected chi connectivity index (χ3v) is 3.70. The monoisotopic (exact) mass is 306 g/mol. The van der Waals surface area contributed by atoms with Gasteiger partial charge in [-0.1, -0.05) is 23.7 Å². The molecule has 3 rings (SSSR count). The molecule has 0 radical (unpaired) electrons. The van der Waals surface area contributed by atoms with Gasteiger partial charge >= 0.3 is 0 Å². The molecule has 0 bridgehead atoms. The summed E-state index contributed by atoms with van der Waals surface area (Å²) in [6.07, 6.45) is 0. The first-order valence-corrected chi connectivity index (χ1v) is 7.02. The number of hydrogen-bond acceptors (Lipinski definition) is 2. The molecule has 0 saturated carbocycles. The van der Waals surface area contributed by atoms with Crippen LogP contribution in [0.15, 0.2) is 42.5 Å². The minimum Gasteiger partial charge on any atom is -0.497 e. The predicted molar refractivity (Wildman–Crippen MR) is 82.2 cm³/mol. The summed E-state index contributed by atoms with van der Waals surface area (Å²) in [5.74, 6) is 1.83. The van der Waals surface area contributed by atoms with E-state index in [0.717, 1.165) is 28.3 Å². The second kappa shape index (κ2) is 5.35. The van der Waals surface area contributed by atoms with Crippen LogP contribution in [0.2, 0.25) is 5.02 Å². The van der Waals surface area contributed by atoms with Crippen molar-refractivity contribution in [2.75, 3.05) is 7.11 Å². The first-order chi connectivity index (χ1) is 9.74. The largest absolute Gasteiger partial charge is 0.497 e. The minimum atomic E-state index is 0.308. The second-order valence-electron chi connectivity index (χ2n) is 4.30. The summed E-state index contributed by atoms with van der Waals surface area (Å²) in [6, 6.07) is 13.3. The van der Waals surface area contributed by atoms with Gasteiger partial charge in [-0.3, -0.25) is 4.57 Å². The first kappa shape index (κ1) is 13.3. The van der Waals surface area contributed by atoms with E-state index in [2.05, 4.69) is 4.98 Å². The maximum Gasteiger partial charge on any atom is 0.129 e. The summed E-state index contributed by atoms with van der Waals surface area (Å²) in [7, 11) is 1.64. The lowest BCUT2D eigenvalue weighted by Crippen LogP contribution is -2.00. The molecule has 0 aliphatic carbocycles. The number of nitrogens with zero attached hydrogens (tertiary/aromatic N) is 2. The van der Waals surface area contributed by atoms with Crippen molar-refractivity contribution >= 4 is 34.2 Å². The lowest BCUT2D eigenvalue weighted by Gasteiger charge is -2.10. The number of para-hydroxylation sites is 1. The van der Waals surface area contributed by atoms with Gasteiger partial charge in [-0.2, -0.15) is 0 Å². The molecule has 0 N–H and O–H groups in total. The van der Waals surface area contributed by atoms with Gasteiger partial charge in [0, 0.05) is 6.07 Å². The van der Waals surface area contributed by atoms with Crippen LogP contribution in [-0.2, 0) is 5.88 Å². The van der Waals surface area contributed by atoms with E-state index in [1.54, 1.807) is 7.11 Å². The fraction of sp³-hybridized carbons (Fsp3) is 0.133. The number of methoxy groups -OCH3 is 1. The molecule has 0 amide bonds. The highest BCUT2D eigenvalue weighted by atomic mass is 35.5. The average molecular weight is 307 g/mol. The lowest BCUT2D eigenvalue weighted by atomic mass is 10.2. The Labute approximate surface area is 126 Å². The van der Waals surface area contributed by atoms with Gasteiger partial charge in [0.1, 0.15) is 11.6 Å². The van der Waals surface area contributed by atoms with Crippen LogP contribution in [0.25, 0.3) is 16.7 Å². The number of halogens is 2. The predicted octanol–water partition coefficient (Wildman–Crippen LogP) is 4.43. The molecular formula is C15H12Cl2N2O. The van der Waals surface area contributed by atoms with Crippen molar-refractivity contribution in [2.24, 2.45) is 0 Å². The number of fused-ring (bicyclic) bond motifs is 1. The SMILES string of the molecule is COc1ccc2nc(CCl)n(-c3ccccc3Cl)c2c1. The van der Waals surface area contributed by atoms with E-state index in [-0.39, 0.29) is 0 Å². The number of benzene rings is 2. The van der Waals surface area contributed by atoms with Crippen molar-refractivity contribution in [2.45, 2.75) is 5.88 Å². The quantitative estimate of drug-likeness (QED) is 0.669. The molecule has 3 nitrogen and oxygen atoms in total. The molecule has 0 aliphatic rings. The summed E-state index contributed by atoms with van der Waals surface area (Å²) in [6.45, 7) is 0. The fourth-order valence-electron chi connectivity index (χ4n) is 2.22. The Morgan fingerprint density at radius 3 is 2.70 bits per heavy atom. The van der Waals surface area contributed by atoms with Crippen LogP contribution in [0.4, 0.5) is 0 Å². The summed E-state index contributed by atoms with van der Waals surface area (Å²) in [5.41, 5.74) is 2.65. The van der Waals surface area contributed by atoms with Crippen LogP contribution < -0.4 is 4.74 Å². The zero-order valence-electron chi connectivity index (χ0n) is 10.8. The average Bonchev–Trinajstić information content (AvgIpc) is 2.85. The van der Waals surface area contributed by atoms with Crippen LogP contribution >= 0.6 is 23.2 Å². The smallest absolute Gasteiger partial charge is 0.129 e. The van der Waals surface area contributed by atoms with Crippen molar-refractivity contribution in [3.05, 3.63) is 53.3 Å². The minimum absolute atomic E-state index is 0.308. The second-order valence-corrected chi connectivity index (χ2v) is 4.98. The Hall–Kier alpha value is -1.71. The summed E-state index contributed by atoms with van der Waals surface area (Å²) < 4.78 is 7.24. The topological polar surface area (TPSA) is 27.1 Å². The van der Waals surface area contributed by atoms with Gasteiger partial charge in [0.25, 0.3) is 0 Å². The number of alkyl halides is 1. The third kappa shape index (κ3) is 2.13. The van der Waals surface area contributed by atoms with Gasteiger partial charge in [-0.25, -0.2) is 4.98 Å². The molecule has 5 heteroatoms. The van der Waals surface area contributed by atoms with Gasteiger partial charge in [0.05, 0.1) is 34.7 Å². The molecular weight excluding hydrogens is 295 g/mol. The molecule has 0 atom stereocenters. The normalized spacial score (nSPS) is 10.9. The highest BCUT2D eigenvalue weighted by Crippen LogP contribution is 2.29. The third-order valence-electron chi connectivity index (χ3n) is 3.14. The zero-order valence-corrected chi connectivity index (χ0v) is 12.3. The maximum absolute atomic E-state index is 6.30. The van der Waals surface area contributed by atoms with Crippen molar-refractivity contribution in [1.82, 2.24) is 9.55 Å². The molecule has 0 fully saturated rings. The molecule has 20 heavy (non-hydrogen) atoms. The van der Waals surface area contributed by atoms with Crippen molar-refractivity contribution in [1.29, 1.82) is 0 Å². The molecule has 1 heterocycles. The van der Waals surface area contributed by atoms with E-state index in [1.165, 1.54) is 0 Å². The number of hydrogen-bond donors (Lipinski definition) is 0. The molecule has 0 unspecified atom stereocenters. The molecule has 0 aliphatic heterocycles. The Bertz CT molecular complexity index is 768. The van der Waals surface area contributed by atoms with E-state index in [1.807, 2.05) is 47.0 Å². The molecule has 2 aromatic carbocycles. The van der Waals surface area contributed by atoms with Crippen molar-refractivity contribution < 1.29 is 4.74 Å². The highest BCUT2D eigenvalue weighted by molar-refractivity contribution is 6.32. The van der Waals surface area contributed by atoms with Crippen LogP contribution in [0.5, 0.6) is 5.75 Å². The van der Waals surface area contributed by atoms with Gasteiger partial charge < -0.3 is 4.74 Å². The van der Waals surface area contributed by atoms with Crippen LogP contribution in [0.3, 0.4) is 0 Å². The van der Waals surface area contributed by atoms with Gasteiger partial charge in [-0.05, 0) is 24.3 Å². The lowest BCUT2D eigenvalue weighted by molar-refractivity contribution is 0.415. The highest BCUT2D eigenvalue weighted by Gasteiger charge is 2.14.